The summed E-state index contributed by atoms with van der Waals surface area (Å²) in [5, 5.41) is 11.7. The number of benzene rings is 2. The molecule has 2 nitrogen and oxygen atoms in total. The van der Waals surface area contributed by atoms with E-state index in [-0.39, 0.29) is 5.82 Å². The van der Waals surface area contributed by atoms with Crippen molar-refractivity contribution in [1.29, 1.82) is 0 Å². The first kappa shape index (κ1) is 12.8. The van der Waals surface area contributed by atoms with Crippen molar-refractivity contribution in [3.63, 3.8) is 0 Å². The van der Waals surface area contributed by atoms with Crippen LogP contribution in [0.4, 0.5) is 4.39 Å². The highest BCUT2D eigenvalue weighted by Gasteiger charge is 2.26. The Morgan fingerprint density at radius 2 is 1.80 bits per heavy atom. The molecule has 0 bridgehead atoms. The van der Waals surface area contributed by atoms with Crippen LogP contribution in [-0.4, -0.2) is 10.1 Å². The molecule has 2 aromatic carbocycles. The average Bonchev–Trinajstić information content (AvgIpc) is 2.46. The van der Waals surface area contributed by atoms with Gasteiger partial charge in [-0.25, -0.2) is 4.39 Å². The lowest BCUT2D eigenvalue weighted by Crippen LogP contribution is -2.23. The number of hydrogen-bond acceptors (Lipinski definition) is 2. The molecular formula is C17H14FNO. The predicted octanol–water partition coefficient (Wildman–Crippen LogP) is 3.63. The van der Waals surface area contributed by atoms with E-state index in [1.165, 1.54) is 12.1 Å². The summed E-state index contributed by atoms with van der Waals surface area (Å²) in [7, 11) is 0. The first-order valence-corrected chi connectivity index (χ1v) is 6.41. The third-order valence-corrected chi connectivity index (χ3v) is 3.54. The molecule has 1 N–H and O–H groups in total. The fourth-order valence-corrected chi connectivity index (χ4v) is 2.30. The topological polar surface area (TPSA) is 33.1 Å². The van der Waals surface area contributed by atoms with Crippen molar-refractivity contribution in [2.45, 2.75) is 12.5 Å². The molecule has 0 amide bonds. The molecule has 1 unspecified atom stereocenters. The van der Waals surface area contributed by atoms with Crippen LogP contribution in [0.15, 0.2) is 60.8 Å². The second kappa shape index (κ2) is 4.69. The standard InChI is InChI=1S/C17H14FNO/c1-17(20,13-6-4-7-15(18)10-13)14-9-12-5-2-3-8-16(12)19-11-14/h2-11,20H,1H3. The van der Waals surface area contributed by atoms with Gasteiger partial charge in [0.25, 0.3) is 0 Å². The van der Waals surface area contributed by atoms with Crippen molar-refractivity contribution >= 4 is 10.9 Å². The molecule has 1 heterocycles. The third-order valence-electron chi connectivity index (χ3n) is 3.54. The zero-order valence-corrected chi connectivity index (χ0v) is 11.0. The molecule has 20 heavy (non-hydrogen) atoms. The monoisotopic (exact) mass is 267 g/mol. The van der Waals surface area contributed by atoms with Gasteiger partial charge in [-0.1, -0.05) is 30.3 Å². The first-order chi connectivity index (χ1) is 9.57. The van der Waals surface area contributed by atoms with Gasteiger partial charge in [-0.2, -0.15) is 0 Å². The molecule has 0 radical (unpaired) electrons. The first-order valence-electron chi connectivity index (χ1n) is 6.41. The van der Waals surface area contributed by atoms with Gasteiger partial charge in [0, 0.05) is 17.1 Å². The number of aliphatic hydroxyl groups is 1. The zero-order chi connectivity index (χ0) is 14.2. The molecule has 0 saturated carbocycles. The van der Waals surface area contributed by atoms with Crippen LogP contribution >= 0.6 is 0 Å². The van der Waals surface area contributed by atoms with Crippen molar-refractivity contribution in [3.05, 3.63) is 77.7 Å². The summed E-state index contributed by atoms with van der Waals surface area (Å²) in [5.74, 6) is -0.364. The van der Waals surface area contributed by atoms with E-state index in [0.717, 1.165) is 10.9 Å². The van der Waals surface area contributed by atoms with Gasteiger partial charge < -0.3 is 5.11 Å². The Morgan fingerprint density at radius 3 is 2.60 bits per heavy atom. The Kier molecular flexibility index (Phi) is 2.99. The number of para-hydroxylation sites is 1. The smallest absolute Gasteiger partial charge is 0.123 e. The van der Waals surface area contributed by atoms with E-state index in [1.54, 1.807) is 25.3 Å². The molecule has 1 atom stereocenters. The van der Waals surface area contributed by atoms with Crippen molar-refractivity contribution < 1.29 is 9.50 Å². The molecular weight excluding hydrogens is 253 g/mol. The van der Waals surface area contributed by atoms with Crippen LogP contribution in [0.1, 0.15) is 18.1 Å². The lowest BCUT2D eigenvalue weighted by Gasteiger charge is -2.24. The summed E-state index contributed by atoms with van der Waals surface area (Å²) in [6.45, 7) is 1.65. The Hall–Kier alpha value is -2.26. The van der Waals surface area contributed by atoms with Gasteiger partial charge in [-0.15, -0.1) is 0 Å². The minimum Gasteiger partial charge on any atom is -0.381 e. The maximum atomic E-state index is 13.3. The van der Waals surface area contributed by atoms with Crippen LogP contribution < -0.4 is 0 Å². The minimum absolute atomic E-state index is 0.364. The summed E-state index contributed by atoms with van der Waals surface area (Å²) >= 11 is 0. The Balaban J connectivity index is 2.13. The number of aromatic nitrogens is 1. The van der Waals surface area contributed by atoms with Crippen LogP contribution in [0.25, 0.3) is 10.9 Å². The molecule has 1 aromatic heterocycles. The second-order valence-corrected chi connectivity index (χ2v) is 5.00. The highest BCUT2D eigenvalue weighted by atomic mass is 19.1. The number of hydrogen-bond donors (Lipinski definition) is 1. The molecule has 3 rings (SSSR count). The van der Waals surface area contributed by atoms with Crippen molar-refractivity contribution in [3.8, 4) is 0 Å². The number of halogens is 1. The van der Waals surface area contributed by atoms with E-state index in [9.17, 15) is 9.50 Å². The van der Waals surface area contributed by atoms with E-state index in [0.29, 0.717) is 11.1 Å². The van der Waals surface area contributed by atoms with Gasteiger partial charge in [-0.05, 0) is 36.8 Å². The van der Waals surface area contributed by atoms with E-state index in [1.807, 2.05) is 30.3 Å². The van der Waals surface area contributed by atoms with E-state index >= 15 is 0 Å². The van der Waals surface area contributed by atoms with Gasteiger partial charge >= 0.3 is 0 Å². The lowest BCUT2D eigenvalue weighted by atomic mass is 9.88. The molecule has 0 fully saturated rings. The van der Waals surface area contributed by atoms with Crippen LogP contribution in [0, 0.1) is 5.82 Å². The largest absolute Gasteiger partial charge is 0.381 e. The van der Waals surface area contributed by atoms with E-state index in [2.05, 4.69) is 4.98 Å². The highest BCUT2D eigenvalue weighted by molar-refractivity contribution is 5.79. The fourth-order valence-electron chi connectivity index (χ4n) is 2.30. The highest BCUT2D eigenvalue weighted by Crippen LogP contribution is 2.30. The molecule has 100 valence electrons. The van der Waals surface area contributed by atoms with Crippen molar-refractivity contribution in [2.75, 3.05) is 0 Å². The van der Waals surface area contributed by atoms with E-state index in [4.69, 9.17) is 0 Å². The Morgan fingerprint density at radius 1 is 1.00 bits per heavy atom. The van der Waals surface area contributed by atoms with Gasteiger partial charge in [0.1, 0.15) is 11.4 Å². The van der Waals surface area contributed by atoms with Crippen LogP contribution in [0.2, 0.25) is 0 Å². The Labute approximate surface area is 116 Å². The SMILES string of the molecule is CC(O)(c1cccc(F)c1)c1cnc2ccccc2c1. The van der Waals surface area contributed by atoms with Gasteiger partial charge in [0.2, 0.25) is 0 Å². The van der Waals surface area contributed by atoms with Gasteiger partial charge in [0.15, 0.2) is 0 Å². The summed E-state index contributed by atoms with van der Waals surface area (Å²) in [5.41, 5.74) is 0.738. The van der Waals surface area contributed by atoms with Gasteiger partial charge in [0.05, 0.1) is 5.52 Å². The quantitative estimate of drug-likeness (QED) is 0.769. The normalized spacial score (nSPS) is 14.2. The molecule has 0 spiro atoms. The maximum Gasteiger partial charge on any atom is 0.123 e. The van der Waals surface area contributed by atoms with Crippen LogP contribution in [0.5, 0.6) is 0 Å². The van der Waals surface area contributed by atoms with Crippen molar-refractivity contribution in [1.82, 2.24) is 4.98 Å². The Bertz CT molecular complexity index is 768. The number of rotatable bonds is 2. The molecule has 0 saturated heterocycles. The summed E-state index contributed by atoms with van der Waals surface area (Å²) < 4.78 is 13.3. The summed E-state index contributed by atoms with van der Waals surface area (Å²) in [6.07, 6.45) is 1.63. The summed E-state index contributed by atoms with van der Waals surface area (Å²) in [4.78, 5) is 4.34. The minimum atomic E-state index is -1.28. The maximum absolute atomic E-state index is 13.3. The van der Waals surface area contributed by atoms with Gasteiger partial charge in [-0.3, -0.25) is 4.98 Å². The zero-order valence-electron chi connectivity index (χ0n) is 11.0. The summed E-state index contributed by atoms with van der Waals surface area (Å²) in [6, 6.07) is 15.6. The number of nitrogens with zero attached hydrogens (tertiary/aromatic N) is 1. The number of pyridine rings is 1. The van der Waals surface area contributed by atoms with Crippen LogP contribution in [-0.2, 0) is 5.60 Å². The molecule has 0 aliphatic carbocycles. The van der Waals surface area contributed by atoms with Crippen molar-refractivity contribution in [2.24, 2.45) is 0 Å². The van der Waals surface area contributed by atoms with Crippen LogP contribution in [0.3, 0.4) is 0 Å². The average molecular weight is 267 g/mol. The molecule has 0 aliphatic heterocycles. The molecule has 0 aliphatic rings. The molecule has 3 aromatic rings. The third kappa shape index (κ3) is 2.17. The second-order valence-electron chi connectivity index (χ2n) is 5.00. The lowest BCUT2D eigenvalue weighted by molar-refractivity contribution is 0.102. The number of fused-ring (bicyclic) bond motifs is 1. The predicted molar refractivity (Wildman–Crippen MR) is 76.8 cm³/mol. The fraction of sp³-hybridized carbons (Fsp3) is 0.118. The molecule has 3 heteroatoms. The van der Waals surface area contributed by atoms with E-state index < -0.39 is 5.60 Å².